The van der Waals surface area contributed by atoms with E-state index in [1.165, 1.54) is 99.8 Å². The van der Waals surface area contributed by atoms with E-state index >= 15 is 0 Å². The number of aldehydes is 3. The standard InChI is InChI=1S/3C15H24O/c1-10-14(2,3)12-8-6-7-11(9-16)13(12)15(10,4)5;1-5-15(4)10-14(2,3)13-11(9-16)7-6-8-12(13)15;1-5-15(4)10-14(2,3)12-8-6-7-11(9-16)13(12)15/h9-11H,6-8H2,1-5H3;2*9,11H,5-8,10H2,1-4H3. The van der Waals surface area contributed by atoms with Crippen LogP contribution in [0, 0.1) is 56.2 Å². The highest BCUT2D eigenvalue weighted by molar-refractivity contribution is 5.64. The Labute approximate surface area is 295 Å². The molecule has 0 saturated heterocycles. The average molecular weight is 661 g/mol. The van der Waals surface area contributed by atoms with Gasteiger partial charge in [-0.1, -0.05) is 123 Å². The zero-order valence-corrected chi connectivity index (χ0v) is 33.5. The summed E-state index contributed by atoms with van der Waals surface area (Å²) < 4.78 is 0. The van der Waals surface area contributed by atoms with Crippen LogP contribution in [0.4, 0.5) is 0 Å². The molecule has 6 atom stereocenters. The molecule has 0 bridgehead atoms. The van der Waals surface area contributed by atoms with Gasteiger partial charge >= 0.3 is 0 Å². The first-order chi connectivity index (χ1) is 22.2. The molecule has 270 valence electrons. The van der Waals surface area contributed by atoms with Crippen molar-refractivity contribution in [2.45, 2.75) is 173 Å². The van der Waals surface area contributed by atoms with E-state index in [4.69, 9.17) is 0 Å². The van der Waals surface area contributed by atoms with E-state index in [9.17, 15) is 14.4 Å². The monoisotopic (exact) mass is 661 g/mol. The quantitative estimate of drug-likeness (QED) is 0.218. The lowest BCUT2D eigenvalue weighted by Gasteiger charge is -2.35. The van der Waals surface area contributed by atoms with E-state index < -0.39 is 0 Å². The molecule has 0 heterocycles. The van der Waals surface area contributed by atoms with Crippen molar-refractivity contribution in [3.05, 3.63) is 33.4 Å². The smallest absolute Gasteiger partial charge is 0.127 e. The largest absolute Gasteiger partial charge is 0.303 e. The van der Waals surface area contributed by atoms with Gasteiger partial charge in [-0.05, 0) is 122 Å². The van der Waals surface area contributed by atoms with Crippen LogP contribution in [0.3, 0.4) is 0 Å². The van der Waals surface area contributed by atoms with Gasteiger partial charge in [-0.15, -0.1) is 0 Å². The van der Waals surface area contributed by atoms with Crippen LogP contribution in [0.1, 0.15) is 173 Å². The van der Waals surface area contributed by atoms with Crippen molar-refractivity contribution < 1.29 is 14.4 Å². The first-order valence-corrected chi connectivity index (χ1v) is 19.8. The molecule has 6 unspecified atom stereocenters. The Morgan fingerprint density at radius 2 is 0.938 bits per heavy atom. The topological polar surface area (TPSA) is 51.2 Å². The van der Waals surface area contributed by atoms with Gasteiger partial charge < -0.3 is 14.4 Å². The SMILES string of the molecule is CC1C(C)(C)C2=C(C(C=O)CCC2)C1(C)C.CCC1(C)CC(C)(C)C2=C1C(C=O)CCC2.CCC1(C)CC(C)(C)C2=C1CCCC2C=O. The lowest BCUT2D eigenvalue weighted by molar-refractivity contribution is -0.111. The van der Waals surface area contributed by atoms with E-state index in [0.717, 1.165) is 19.3 Å². The summed E-state index contributed by atoms with van der Waals surface area (Å²) in [6, 6.07) is 0. The van der Waals surface area contributed by atoms with E-state index in [-0.39, 0.29) is 39.4 Å². The second-order valence-corrected chi connectivity index (χ2v) is 19.7. The lowest BCUT2D eigenvalue weighted by atomic mass is 9.69. The molecule has 0 fully saturated rings. The van der Waals surface area contributed by atoms with E-state index in [1.807, 2.05) is 0 Å². The Morgan fingerprint density at radius 1 is 0.521 bits per heavy atom. The van der Waals surface area contributed by atoms with Crippen LogP contribution in [0.15, 0.2) is 33.4 Å². The van der Waals surface area contributed by atoms with Crippen LogP contribution in [-0.4, -0.2) is 18.9 Å². The highest BCUT2D eigenvalue weighted by Gasteiger charge is 2.53. The normalized spacial score (nSPS) is 36.9. The predicted molar refractivity (Wildman–Crippen MR) is 202 cm³/mol. The lowest BCUT2D eigenvalue weighted by Crippen LogP contribution is -2.29. The van der Waals surface area contributed by atoms with Crippen molar-refractivity contribution in [2.75, 3.05) is 0 Å². The van der Waals surface area contributed by atoms with Crippen LogP contribution in [0.5, 0.6) is 0 Å². The Balaban J connectivity index is 0.000000163. The minimum atomic E-state index is 0.197. The second kappa shape index (κ2) is 13.7. The minimum absolute atomic E-state index is 0.197. The number of hydrogen-bond acceptors (Lipinski definition) is 3. The van der Waals surface area contributed by atoms with Gasteiger partial charge in [0.15, 0.2) is 0 Å². The number of carbonyl (C=O) groups is 3. The molecular formula is C45H72O3. The van der Waals surface area contributed by atoms with Gasteiger partial charge in [-0.2, -0.15) is 0 Å². The van der Waals surface area contributed by atoms with E-state index in [0.29, 0.717) is 16.7 Å². The van der Waals surface area contributed by atoms with Crippen LogP contribution >= 0.6 is 0 Å². The molecule has 3 nitrogen and oxygen atoms in total. The molecule has 48 heavy (non-hydrogen) atoms. The minimum Gasteiger partial charge on any atom is -0.303 e. The third-order valence-corrected chi connectivity index (χ3v) is 15.2. The fraction of sp³-hybridized carbons (Fsp3) is 0.800. The molecule has 6 aliphatic carbocycles. The zero-order valence-electron chi connectivity index (χ0n) is 33.5. The fourth-order valence-electron chi connectivity index (χ4n) is 12.4. The molecule has 0 spiro atoms. The molecule has 0 aliphatic heterocycles. The Morgan fingerprint density at radius 3 is 1.42 bits per heavy atom. The highest BCUT2D eigenvalue weighted by atomic mass is 16.1. The summed E-state index contributed by atoms with van der Waals surface area (Å²) in [7, 11) is 0. The molecule has 0 N–H and O–H groups in total. The van der Waals surface area contributed by atoms with Gasteiger partial charge in [0.1, 0.15) is 18.9 Å². The fourth-order valence-corrected chi connectivity index (χ4v) is 12.4. The summed E-state index contributed by atoms with van der Waals surface area (Å²) in [5.41, 5.74) is 11.0. The highest BCUT2D eigenvalue weighted by Crippen LogP contribution is 2.63. The van der Waals surface area contributed by atoms with Crippen LogP contribution < -0.4 is 0 Å². The first kappa shape index (κ1) is 39.0. The maximum absolute atomic E-state index is 11.3. The number of rotatable bonds is 5. The molecule has 6 rings (SSSR count). The molecule has 0 aromatic rings. The van der Waals surface area contributed by atoms with Gasteiger partial charge in [0.05, 0.1) is 0 Å². The summed E-state index contributed by atoms with van der Waals surface area (Å²) >= 11 is 0. The van der Waals surface area contributed by atoms with Crippen LogP contribution in [-0.2, 0) is 14.4 Å². The van der Waals surface area contributed by atoms with Crippen LogP contribution in [0.25, 0.3) is 0 Å². The maximum Gasteiger partial charge on any atom is 0.127 e. The third kappa shape index (κ3) is 6.56. The first-order valence-electron chi connectivity index (χ1n) is 19.8. The second-order valence-electron chi connectivity index (χ2n) is 19.7. The van der Waals surface area contributed by atoms with Crippen molar-refractivity contribution in [3.8, 4) is 0 Å². The molecule has 0 radical (unpaired) electrons. The molecule has 0 amide bonds. The molecule has 0 aromatic carbocycles. The van der Waals surface area contributed by atoms with Gasteiger partial charge in [-0.25, -0.2) is 0 Å². The average Bonchev–Trinajstić information content (AvgIpc) is 3.47. The Kier molecular flexibility index (Phi) is 11.2. The molecule has 0 aromatic heterocycles. The van der Waals surface area contributed by atoms with Gasteiger partial charge in [0, 0.05) is 17.8 Å². The van der Waals surface area contributed by atoms with Crippen molar-refractivity contribution in [2.24, 2.45) is 56.2 Å². The van der Waals surface area contributed by atoms with E-state index in [1.54, 1.807) is 16.7 Å². The third-order valence-electron chi connectivity index (χ3n) is 15.2. The number of hydrogen-bond donors (Lipinski definition) is 0. The molecular weight excluding hydrogens is 588 g/mol. The Hall–Kier alpha value is -1.77. The van der Waals surface area contributed by atoms with Gasteiger partial charge in [-0.3, -0.25) is 0 Å². The number of carbonyl (C=O) groups excluding carboxylic acids is 3. The summed E-state index contributed by atoms with van der Waals surface area (Å²) in [4.78, 5) is 33.8. The predicted octanol–water partition coefficient (Wildman–Crippen LogP) is 12.2. The summed E-state index contributed by atoms with van der Waals surface area (Å²) in [5, 5.41) is 0. The Bertz CT molecular complexity index is 1320. The summed E-state index contributed by atoms with van der Waals surface area (Å²) in [6.07, 6.45) is 18.9. The van der Waals surface area contributed by atoms with Crippen molar-refractivity contribution in [3.63, 3.8) is 0 Å². The van der Waals surface area contributed by atoms with Crippen molar-refractivity contribution in [1.29, 1.82) is 0 Å². The summed E-state index contributed by atoms with van der Waals surface area (Å²) in [6.45, 7) is 30.4. The van der Waals surface area contributed by atoms with Gasteiger partial charge in [0.25, 0.3) is 0 Å². The zero-order chi connectivity index (χ0) is 36.1. The van der Waals surface area contributed by atoms with Gasteiger partial charge in [0.2, 0.25) is 0 Å². The van der Waals surface area contributed by atoms with Crippen LogP contribution in [0.2, 0.25) is 0 Å². The number of allylic oxidation sites excluding steroid dienone is 6. The molecule has 0 saturated carbocycles. The van der Waals surface area contributed by atoms with E-state index in [2.05, 4.69) is 90.0 Å². The van der Waals surface area contributed by atoms with Crippen molar-refractivity contribution in [1.82, 2.24) is 0 Å². The van der Waals surface area contributed by atoms with Crippen molar-refractivity contribution >= 4 is 18.9 Å². The molecule has 3 heteroatoms. The maximum atomic E-state index is 11.3. The molecule has 6 aliphatic rings. The summed E-state index contributed by atoms with van der Waals surface area (Å²) in [5.74, 6) is 1.26.